The first-order chi connectivity index (χ1) is 9.51. The molecule has 1 aliphatic rings. The van der Waals surface area contributed by atoms with Gasteiger partial charge in [-0.3, -0.25) is 9.88 Å². The Morgan fingerprint density at radius 2 is 2.20 bits per heavy atom. The zero-order valence-corrected chi connectivity index (χ0v) is 12.9. The van der Waals surface area contributed by atoms with Gasteiger partial charge in [-0.1, -0.05) is 13.0 Å². The molecule has 0 aliphatic carbocycles. The summed E-state index contributed by atoms with van der Waals surface area (Å²) in [6, 6.07) is 6.08. The minimum atomic E-state index is -0.102. The summed E-state index contributed by atoms with van der Waals surface area (Å²) in [7, 11) is 0. The van der Waals surface area contributed by atoms with Crippen LogP contribution in [-0.2, 0) is 11.3 Å². The molecule has 1 saturated heterocycles. The molecular formula is C16H27N3O. The van der Waals surface area contributed by atoms with E-state index in [0.717, 1.165) is 38.2 Å². The van der Waals surface area contributed by atoms with Gasteiger partial charge in [0.15, 0.2) is 0 Å². The lowest BCUT2D eigenvalue weighted by molar-refractivity contribution is -0.119. The molecule has 1 fully saturated rings. The first-order valence-electron chi connectivity index (χ1n) is 7.50. The molecule has 1 atom stereocenters. The number of hydrogen-bond donors (Lipinski definition) is 1. The fourth-order valence-corrected chi connectivity index (χ4v) is 3.32. The molecule has 1 aromatic heterocycles. The van der Waals surface area contributed by atoms with Crippen molar-refractivity contribution in [2.24, 2.45) is 5.73 Å². The Bertz CT molecular complexity index is 421. The van der Waals surface area contributed by atoms with Crippen LogP contribution in [0.5, 0.6) is 0 Å². The largest absolute Gasteiger partial charge is 0.375 e. The summed E-state index contributed by atoms with van der Waals surface area (Å²) in [4.78, 5) is 6.92. The predicted octanol–water partition coefficient (Wildman–Crippen LogP) is 2.19. The molecule has 112 valence electrons. The summed E-state index contributed by atoms with van der Waals surface area (Å²) in [5.74, 6) is 0. The molecule has 0 aromatic carbocycles. The van der Waals surface area contributed by atoms with Crippen LogP contribution in [0.4, 0.5) is 0 Å². The molecule has 0 saturated carbocycles. The number of hydrogen-bond acceptors (Lipinski definition) is 4. The minimum absolute atomic E-state index is 0.0218. The molecule has 0 bridgehead atoms. The van der Waals surface area contributed by atoms with Crippen molar-refractivity contribution < 1.29 is 4.74 Å². The van der Waals surface area contributed by atoms with E-state index in [2.05, 4.69) is 36.7 Å². The molecule has 2 rings (SSSR count). The van der Waals surface area contributed by atoms with Crippen LogP contribution in [0, 0.1) is 0 Å². The fourth-order valence-electron chi connectivity index (χ4n) is 3.32. The van der Waals surface area contributed by atoms with E-state index in [1.807, 2.05) is 18.3 Å². The maximum atomic E-state index is 6.17. The summed E-state index contributed by atoms with van der Waals surface area (Å²) in [6.07, 6.45) is 3.82. The highest BCUT2D eigenvalue weighted by Crippen LogP contribution is 2.36. The zero-order valence-electron chi connectivity index (χ0n) is 12.9. The lowest BCUT2D eigenvalue weighted by Crippen LogP contribution is -2.60. The lowest BCUT2D eigenvalue weighted by Gasteiger charge is -2.50. The van der Waals surface area contributed by atoms with Crippen molar-refractivity contribution in [3.05, 3.63) is 30.1 Å². The van der Waals surface area contributed by atoms with E-state index in [-0.39, 0.29) is 11.1 Å². The van der Waals surface area contributed by atoms with Gasteiger partial charge in [0, 0.05) is 31.4 Å². The van der Waals surface area contributed by atoms with Crippen molar-refractivity contribution in [3.8, 4) is 0 Å². The van der Waals surface area contributed by atoms with Crippen LogP contribution in [0.25, 0.3) is 0 Å². The average molecular weight is 277 g/mol. The van der Waals surface area contributed by atoms with Crippen LogP contribution in [0.1, 0.15) is 39.3 Å². The SMILES string of the molecule is CCN(Cc1ccccn1)C1(CN)CCOC(C)(C)C1. The van der Waals surface area contributed by atoms with Crippen molar-refractivity contribution in [1.82, 2.24) is 9.88 Å². The maximum absolute atomic E-state index is 6.17. The van der Waals surface area contributed by atoms with Gasteiger partial charge in [0.1, 0.15) is 0 Å². The van der Waals surface area contributed by atoms with Crippen LogP contribution in [0.15, 0.2) is 24.4 Å². The average Bonchev–Trinajstić information content (AvgIpc) is 2.44. The molecule has 20 heavy (non-hydrogen) atoms. The Morgan fingerprint density at radius 3 is 2.75 bits per heavy atom. The van der Waals surface area contributed by atoms with Gasteiger partial charge in [0.2, 0.25) is 0 Å². The van der Waals surface area contributed by atoms with Gasteiger partial charge < -0.3 is 10.5 Å². The molecular weight excluding hydrogens is 250 g/mol. The highest BCUT2D eigenvalue weighted by Gasteiger charge is 2.43. The fraction of sp³-hybridized carbons (Fsp3) is 0.688. The highest BCUT2D eigenvalue weighted by molar-refractivity contribution is 5.06. The van der Waals surface area contributed by atoms with E-state index in [9.17, 15) is 0 Å². The first kappa shape index (κ1) is 15.4. The number of nitrogens with two attached hydrogens (primary N) is 1. The number of likely N-dealkylation sites (N-methyl/N-ethyl adjacent to an activating group) is 1. The zero-order chi connectivity index (χ0) is 14.6. The van der Waals surface area contributed by atoms with Crippen molar-refractivity contribution in [2.75, 3.05) is 19.7 Å². The predicted molar refractivity (Wildman–Crippen MR) is 81.4 cm³/mol. The molecule has 0 amide bonds. The number of rotatable bonds is 5. The van der Waals surface area contributed by atoms with Crippen LogP contribution < -0.4 is 5.73 Å². The molecule has 0 spiro atoms. The second kappa shape index (κ2) is 6.20. The summed E-state index contributed by atoms with van der Waals surface area (Å²) < 4.78 is 5.87. The third-order valence-corrected chi connectivity index (χ3v) is 4.33. The van der Waals surface area contributed by atoms with E-state index >= 15 is 0 Å². The Morgan fingerprint density at radius 1 is 1.40 bits per heavy atom. The number of pyridine rings is 1. The number of aromatic nitrogens is 1. The Kier molecular flexibility index (Phi) is 4.78. The highest BCUT2D eigenvalue weighted by atomic mass is 16.5. The van der Waals surface area contributed by atoms with Crippen LogP contribution in [-0.4, -0.2) is 40.7 Å². The van der Waals surface area contributed by atoms with E-state index in [4.69, 9.17) is 10.5 Å². The van der Waals surface area contributed by atoms with Crippen molar-refractivity contribution in [3.63, 3.8) is 0 Å². The summed E-state index contributed by atoms with van der Waals surface area (Å²) >= 11 is 0. The van der Waals surface area contributed by atoms with Gasteiger partial charge in [-0.15, -0.1) is 0 Å². The normalized spacial score (nSPS) is 25.9. The van der Waals surface area contributed by atoms with E-state index in [1.54, 1.807) is 0 Å². The summed E-state index contributed by atoms with van der Waals surface area (Å²) in [5, 5.41) is 0. The summed E-state index contributed by atoms with van der Waals surface area (Å²) in [6.45, 7) is 9.79. The third-order valence-electron chi connectivity index (χ3n) is 4.33. The minimum Gasteiger partial charge on any atom is -0.375 e. The Labute approximate surface area is 122 Å². The Hall–Kier alpha value is -0.970. The molecule has 1 unspecified atom stereocenters. The van der Waals surface area contributed by atoms with E-state index in [1.165, 1.54) is 0 Å². The smallest absolute Gasteiger partial charge is 0.0644 e. The van der Waals surface area contributed by atoms with Crippen molar-refractivity contribution in [1.29, 1.82) is 0 Å². The van der Waals surface area contributed by atoms with E-state index < -0.39 is 0 Å². The summed E-state index contributed by atoms with van der Waals surface area (Å²) in [5.41, 5.74) is 7.19. The monoisotopic (exact) mass is 277 g/mol. The van der Waals surface area contributed by atoms with Crippen molar-refractivity contribution >= 4 is 0 Å². The van der Waals surface area contributed by atoms with Gasteiger partial charge >= 0.3 is 0 Å². The lowest BCUT2D eigenvalue weighted by atomic mass is 9.79. The molecule has 0 radical (unpaired) electrons. The molecule has 4 heteroatoms. The van der Waals surface area contributed by atoms with Crippen LogP contribution in [0.3, 0.4) is 0 Å². The molecule has 2 heterocycles. The maximum Gasteiger partial charge on any atom is 0.0644 e. The molecule has 2 N–H and O–H groups in total. The second-order valence-electron chi connectivity index (χ2n) is 6.30. The van der Waals surface area contributed by atoms with E-state index in [0.29, 0.717) is 6.54 Å². The topological polar surface area (TPSA) is 51.4 Å². The van der Waals surface area contributed by atoms with Gasteiger partial charge in [-0.25, -0.2) is 0 Å². The van der Waals surface area contributed by atoms with Gasteiger partial charge in [-0.2, -0.15) is 0 Å². The number of ether oxygens (including phenoxy) is 1. The standard InChI is InChI=1S/C16H27N3O/c1-4-19(11-14-7-5-6-9-18-14)16(13-17)8-10-20-15(2,3)12-16/h5-7,9H,4,8,10-13,17H2,1-3H3. The van der Waals surface area contributed by atoms with Crippen LogP contribution in [0.2, 0.25) is 0 Å². The van der Waals surface area contributed by atoms with Gasteiger partial charge in [0.25, 0.3) is 0 Å². The quantitative estimate of drug-likeness (QED) is 0.896. The molecule has 4 nitrogen and oxygen atoms in total. The molecule has 1 aromatic rings. The van der Waals surface area contributed by atoms with Crippen LogP contribution >= 0.6 is 0 Å². The third kappa shape index (κ3) is 3.37. The van der Waals surface area contributed by atoms with Gasteiger partial charge in [0.05, 0.1) is 11.3 Å². The molecule has 1 aliphatic heterocycles. The van der Waals surface area contributed by atoms with Crippen molar-refractivity contribution in [2.45, 2.75) is 51.3 Å². The second-order valence-corrected chi connectivity index (χ2v) is 6.30. The number of nitrogens with zero attached hydrogens (tertiary/aromatic N) is 2. The van der Waals surface area contributed by atoms with Gasteiger partial charge in [-0.05, 0) is 45.4 Å². The first-order valence-corrected chi connectivity index (χ1v) is 7.50. The Balaban J connectivity index is 2.19.